The molecule has 1 amide bonds. The standard InChI is InChI=1S/C21H21N5O3/c1-13-22-23-21-25(13)17-7-5-4-6-16(17)19(24(2)3)26(21)20(29)15-10-8-14(9-11-15)12-18(27)28/h4-11,19H,12H2,1-3H3,(H,27,28). The van der Waals surface area contributed by atoms with E-state index in [0.717, 1.165) is 11.3 Å². The summed E-state index contributed by atoms with van der Waals surface area (Å²) < 4.78 is 1.88. The van der Waals surface area contributed by atoms with Crippen LogP contribution in [0.2, 0.25) is 0 Å². The third-order valence-electron chi connectivity index (χ3n) is 4.99. The van der Waals surface area contributed by atoms with Crippen LogP contribution in [0.5, 0.6) is 0 Å². The number of hydrogen-bond donors (Lipinski definition) is 1. The van der Waals surface area contributed by atoms with Crippen LogP contribution in [0.3, 0.4) is 0 Å². The lowest BCUT2D eigenvalue weighted by atomic mass is 10.0. The second-order valence-electron chi connectivity index (χ2n) is 7.22. The Bertz CT molecular complexity index is 1090. The number of nitrogens with zero attached hydrogens (tertiary/aromatic N) is 5. The van der Waals surface area contributed by atoms with Gasteiger partial charge in [-0.1, -0.05) is 30.3 Å². The first-order chi connectivity index (χ1) is 13.9. The fourth-order valence-corrected chi connectivity index (χ4v) is 3.74. The molecule has 1 N–H and O–H groups in total. The summed E-state index contributed by atoms with van der Waals surface area (Å²) in [6, 6.07) is 14.5. The quantitative estimate of drug-likeness (QED) is 0.734. The number of para-hydroxylation sites is 1. The number of amides is 1. The largest absolute Gasteiger partial charge is 0.481 e. The van der Waals surface area contributed by atoms with E-state index >= 15 is 0 Å². The number of aromatic nitrogens is 3. The molecule has 8 heteroatoms. The van der Waals surface area contributed by atoms with Crippen molar-refractivity contribution in [2.24, 2.45) is 0 Å². The number of rotatable bonds is 4. The minimum atomic E-state index is -0.909. The van der Waals surface area contributed by atoms with E-state index in [9.17, 15) is 9.59 Å². The van der Waals surface area contributed by atoms with E-state index in [1.165, 1.54) is 0 Å². The van der Waals surface area contributed by atoms with Gasteiger partial charge in [0, 0.05) is 11.1 Å². The highest BCUT2D eigenvalue weighted by Crippen LogP contribution is 2.39. The molecule has 1 aliphatic rings. The Morgan fingerprint density at radius 2 is 1.76 bits per heavy atom. The van der Waals surface area contributed by atoms with Gasteiger partial charge < -0.3 is 5.11 Å². The van der Waals surface area contributed by atoms with E-state index < -0.39 is 5.97 Å². The average Bonchev–Trinajstić information content (AvgIpc) is 3.08. The number of benzene rings is 2. The molecule has 4 rings (SSSR count). The summed E-state index contributed by atoms with van der Waals surface area (Å²) in [6.45, 7) is 1.85. The lowest BCUT2D eigenvalue weighted by Crippen LogP contribution is -2.46. The molecule has 8 nitrogen and oxygen atoms in total. The van der Waals surface area contributed by atoms with Crippen molar-refractivity contribution < 1.29 is 14.7 Å². The summed E-state index contributed by atoms with van der Waals surface area (Å²) in [5, 5.41) is 17.4. The van der Waals surface area contributed by atoms with Crippen molar-refractivity contribution in [3.63, 3.8) is 0 Å². The van der Waals surface area contributed by atoms with Crippen LogP contribution in [0.25, 0.3) is 5.69 Å². The topological polar surface area (TPSA) is 91.6 Å². The van der Waals surface area contributed by atoms with Gasteiger partial charge in [0.05, 0.1) is 12.1 Å². The first-order valence-electron chi connectivity index (χ1n) is 9.20. The van der Waals surface area contributed by atoms with Crippen molar-refractivity contribution in [1.29, 1.82) is 0 Å². The van der Waals surface area contributed by atoms with Crippen LogP contribution in [-0.2, 0) is 11.2 Å². The van der Waals surface area contributed by atoms with Gasteiger partial charge in [-0.3, -0.25) is 24.0 Å². The molecule has 0 fully saturated rings. The highest BCUT2D eigenvalue weighted by molar-refractivity contribution is 6.06. The zero-order valence-corrected chi connectivity index (χ0v) is 16.4. The Labute approximate surface area is 168 Å². The van der Waals surface area contributed by atoms with E-state index in [4.69, 9.17) is 5.11 Å². The van der Waals surface area contributed by atoms with Gasteiger partial charge in [0.25, 0.3) is 5.91 Å². The fraction of sp³-hybridized carbons (Fsp3) is 0.238. The van der Waals surface area contributed by atoms with Crippen molar-refractivity contribution in [2.75, 3.05) is 19.0 Å². The number of hydrogen-bond acceptors (Lipinski definition) is 5. The molecule has 1 aliphatic heterocycles. The number of aryl methyl sites for hydroxylation is 1. The smallest absolute Gasteiger partial charge is 0.307 e. The summed E-state index contributed by atoms with van der Waals surface area (Å²) >= 11 is 0. The van der Waals surface area contributed by atoms with Crippen molar-refractivity contribution in [2.45, 2.75) is 19.5 Å². The van der Waals surface area contributed by atoms with Gasteiger partial charge >= 0.3 is 5.97 Å². The van der Waals surface area contributed by atoms with Gasteiger partial charge in [0.2, 0.25) is 5.95 Å². The van der Waals surface area contributed by atoms with Gasteiger partial charge in [0.1, 0.15) is 12.0 Å². The first kappa shape index (κ1) is 18.8. The van der Waals surface area contributed by atoms with Crippen molar-refractivity contribution >= 4 is 17.8 Å². The Morgan fingerprint density at radius 3 is 2.41 bits per heavy atom. The van der Waals surface area contributed by atoms with Crippen LogP contribution < -0.4 is 4.90 Å². The van der Waals surface area contributed by atoms with Crippen LogP contribution >= 0.6 is 0 Å². The maximum atomic E-state index is 13.5. The van der Waals surface area contributed by atoms with Crippen LogP contribution in [-0.4, -0.2) is 50.7 Å². The van der Waals surface area contributed by atoms with Gasteiger partial charge in [-0.05, 0) is 44.8 Å². The third kappa shape index (κ3) is 3.17. The van der Waals surface area contributed by atoms with Crippen LogP contribution in [0.1, 0.15) is 33.5 Å². The molecule has 3 aromatic rings. The average molecular weight is 391 g/mol. The van der Waals surface area contributed by atoms with Crippen molar-refractivity contribution in [3.05, 3.63) is 71.0 Å². The minimum absolute atomic E-state index is 0.0839. The number of carboxylic acid groups (broad SMARTS) is 1. The maximum absolute atomic E-state index is 13.5. The normalized spacial score (nSPS) is 15.2. The predicted octanol–water partition coefficient (Wildman–Crippen LogP) is 2.42. The molecule has 29 heavy (non-hydrogen) atoms. The molecule has 0 spiro atoms. The molecule has 148 valence electrons. The SMILES string of the molecule is Cc1nnc2n1-c1ccccc1C(N(C)C)N2C(=O)c1ccc(CC(=O)O)cc1. The zero-order valence-electron chi connectivity index (χ0n) is 16.4. The van der Waals surface area contributed by atoms with Gasteiger partial charge in [-0.25, -0.2) is 0 Å². The summed E-state index contributed by atoms with van der Waals surface area (Å²) in [6.07, 6.45) is -0.437. The summed E-state index contributed by atoms with van der Waals surface area (Å²) in [5.41, 5.74) is 3.02. The molecule has 0 aliphatic carbocycles. The Balaban J connectivity index is 1.81. The lowest BCUT2D eigenvalue weighted by Gasteiger charge is -2.40. The van der Waals surface area contributed by atoms with Crippen molar-refractivity contribution in [3.8, 4) is 5.69 Å². The Morgan fingerprint density at radius 1 is 1.07 bits per heavy atom. The zero-order chi connectivity index (χ0) is 20.7. The number of carboxylic acids is 1. The molecular weight excluding hydrogens is 370 g/mol. The monoisotopic (exact) mass is 391 g/mol. The lowest BCUT2D eigenvalue weighted by molar-refractivity contribution is -0.136. The molecule has 0 saturated heterocycles. The number of anilines is 1. The van der Waals surface area contributed by atoms with E-state index in [0.29, 0.717) is 22.9 Å². The number of carbonyl (C=O) groups is 2. The fourth-order valence-electron chi connectivity index (χ4n) is 3.74. The number of aliphatic carboxylic acids is 1. The highest BCUT2D eigenvalue weighted by Gasteiger charge is 2.39. The van der Waals surface area contributed by atoms with Gasteiger partial charge in [-0.15, -0.1) is 10.2 Å². The Hall–Kier alpha value is -3.52. The van der Waals surface area contributed by atoms with Gasteiger partial charge in [-0.2, -0.15) is 0 Å². The Kier molecular flexibility index (Phi) is 4.63. The summed E-state index contributed by atoms with van der Waals surface area (Å²) in [5.74, 6) is 0.0143. The molecule has 0 saturated carbocycles. The summed E-state index contributed by atoms with van der Waals surface area (Å²) in [7, 11) is 3.83. The molecule has 1 atom stereocenters. The molecule has 2 heterocycles. The van der Waals surface area contributed by atoms with Crippen LogP contribution in [0.4, 0.5) is 5.95 Å². The molecule has 0 bridgehead atoms. The van der Waals surface area contributed by atoms with Gasteiger partial charge in [0.15, 0.2) is 0 Å². The molecular formula is C21H21N5O3. The maximum Gasteiger partial charge on any atom is 0.307 e. The van der Waals surface area contributed by atoms with E-state index in [2.05, 4.69) is 10.2 Å². The van der Waals surface area contributed by atoms with Crippen LogP contribution in [0.15, 0.2) is 48.5 Å². The molecule has 2 aromatic carbocycles. The number of carbonyl (C=O) groups excluding carboxylic acids is 1. The summed E-state index contributed by atoms with van der Waals surface area (Å²) in [4.78, 5) is 28.0. The molecule has 1 aromatic heterocycles. The third-order valence-corrected chi connectivity index (χ3v) is 4.99. The minimum Gasteiger partial charge on any atom is -0.481 e. The highest BCUT2D eigenvalue weighted by atomic mass is 16.4. The second-order valence-corrected chi connectivity index (χ2v) is 7.22. The molecule has 1 unspecified atom stereocenters. The molecule has 0 radical (unpaired) electrons. The first-order valence-corrected chi connectivity index (χ1v) is 9.20. The second kappa shape index (κ2) is 7.14. The predicted molar refractivity (Wildman–Crippen MR) is 107 cm³/mol. The van der Waals surface area contributed by atoms with E-state index in [1.54, 1.807) is 29.2 Å². The van der Waals surface area contributed by atoms with Crippen molar-refractivity contribution in [1.82, 2.24) is 19.7 Å². The van der Waals surface area contributed by atoms with E-state index in [-0.39, 0.29) is 18.5 Å². The van der Waals surface area contributed by atoms with E-state index in [1.807, 2.05) is 54.8 Å². The van der Waals surface area contributed by atoms with Crippen LogP contribution in [0, 0.1) is 6.92 Å². The number of fused-ring (bicyclic) bond motifs is 3.